The highest BCUT2D eigenvalue weighted by molar-refractivity contribution is 5.74. The van der Waals surface area contributed by atoms with Crippen LogP contribution in [0.25, 0.3) is 0 Å². The van der Waals surface area contributed by atoms with Crippen molar-refractivity contribution in [1.29, 1.82) is 0 Å². The summed E-state index contributed by atoms with van der Waals surface area (Å²) >= 11 is 0. The minimum Gasteiger partial charge on any atom is -0.481 e. The predicted molar refractivity (Wildman–Crippen MR) is 81.2 cm³/mol. The van der Waals surface area contributed by atoms with Crippen molar-refractivity contribution in [3.8, 4) is 0 Å². The number of rotatable bonds is 8. The van der Waals surface area contributed by atoms with E-state index in [1.54, 1.807) is 6.08 Å². The van der Waals surface area contributed by atoms with Crippen LogP contribution in [0.5, 0.6) is 0 Å². The Kier molecular flexibility index (Phi) is 11.8. The van der Waals surface area contributed by atoms with Crippen molar-refractivity contribution in [1.82, 2.24) is 0 Å². The monoisotopic (exact) mass is 314 g/mol. The number of carbonyl (C=O) groups excluding carboxylic acids is 2. The summed E-state index contributed by atoms with van der Waals surface area (Å²) in [4.78, 5) is 32.4. The number of carboxylic acids is 1. The van der Waals surface area contributed by atoms with Crippen molar-refractivity contribution in [3.63, 3.8) is 0 Å². The molecule has 0 bridgehead atoms. The Labute approximate surface area is 131 Å². The van der Waals surface area contributed by atoms with Gasteiger partial charge in [-0.1, -0.05) is 6.08 Å². The van der Waals surface area contributed by atoms with Crippen LogP contribution in [0.2, 0.25) is 0 Å². The fourth-order valence-electron chi connectivity index (χ4n) is 2.20. The van der Waals surface area contributed by atoms with Crippen LogP contribution in [0.15, 0.2) is 12.7 Å². The predicted octanol–water partition coefficient (Wildman–Crippen LogP) is 2.57. The summed E-state index contributed by atoms with van der Waals surface area (Å²) < 4.78 is 9.64. The van der Waals surface area contributed by atoms with Crippen molar-refractivity contribution >= 4 is 18.4 Å². The number of hydrogen-bond acceptors (Lipinski definition) is 5. The molecule has 6 heteroatoms. The molecule has 1 rings (SSSR count). The third kappa shape index (κ3) is 9.15. The lowest BCUT2D eigenvalue weighted by molar-refractivity contribution is -0.152. The Balaban J connectivity index is 0.00000135. The molecule has 126 valence electrons. The lowest BCUT2D eigenvalue weighted by Gasteiger charge is -2.24. The fourth-order valence-corrected chi connectivity index (χ4v) is 2.20. The molecule has 0 saturated heterocycles. The summed E-state index contributed by atoms with van der Waals surface area (Å²) in [7, 11) is 0. The van der Waals surface area contributed by atoms with Gasteiger partial charge in [-0.15, -0.1) is 6.58 Å². The minimum absolute atomic E-state index is 0.165. The average molecular weight is 314 g/mol. The molecule has 0 aromatic rings. The lowest BCUT2D eigenvalue weighted by Crippen LogP contribution is -2.27. The van der Waals surface area contributed by atoms with Crippen LogP contribution in [-0.4, -0.2) is 36.7 Å². The van der Waals surface area contributed by atoms with Crippen molar-refractivity contribution in [3.05, 3.63) is 12.7 Å². The molecule has 0 aromatic heterocycles. The first-order chi connectivity index (χ1) is 10.6. The van der Waals surface area contributed by atoms with Crippen molar-refractivity contribution in [2.24, 2.45) is 11.8 Å². The fraction of sp³-hybridized carbons (Fsp3) is 0.688. The van der Waals surface area contributed by atoms with E-state index < -0.39 is 5.97 Å². The number of carbonyl (C=O) groups is 3. The van der Waals surface area contributed by atoms with Gasteiger partial charge in [-0.2, -0.15) is 0 Å². The Morgan fingerprint density at radius 3 is 2.14 bits per heavy atom. The maximum absolute atomic E-state index is 11.7. The van der Waals surface area contributed by atoms with Crippen molar-refractivity contribution in [2.45, 2.75) is 45.4 Å². The van der Waals surface area contributed by atoms with Crippen LogP contribution >= 0.6 is 0 Å². The molecule has 22 heavy (non-hydrogen) atoms. The second-order valence-corrected chi connectivity index (χ2v) is 5.14. The zero-order valence-corrected chi connectivity index (χ0v) is 13.2. The maximum Gasteiger partial charge on any atom is 0.308 e. The van der Waals surface area contributed by atoms with Gasteiger partial charge in [0, 0.05) is 0 Å². The molecule has 1 aliphatic rings. The number of esters is 1. The van der Waals surface area contributed by atoms with Gasteiger partial charge in [-0.05, 0) is 45.4 Å². The van der Waals surface area contributed by atoms with Crippen molar-refractivity contribution in [2.75, 3.05) is 13.2 Å². The number of unbranched alkanes of at least 4 members (excludes halogenated alkanes) is 1. The average Bonchev–Trinajstić information content (AvgIpc) is 2.51. The Hall–Kier alpha value is -1.85. The Morgan fingerprint density at radius 1 is 1.14 bits per heavy atom. The highest BCUT2D eigenvalue weighted by Gasteiger charge is 2.30. The van der Waals surface area contributed by atoms with E-state index >= 15 is 0 Å². The van der Waals surface area contributed by atoms with E-state index in [4.69, 9.17) is 9.84 Å². The van der Waals surface area contributed by atoms with E-state index in [0.29, 0.717) is 58.2 Å². The van der Waals surface area contributed by atoms with E-state index in [2.05, 4.69) is 11.3 Å². The summed E-state index contributed by atoms with van der Waals surface area (Å²) in [6.45, 7) is 6.30. The SMILES string of the molecule is C=CC.O=COCCCCOC(=O)C1CCC(C(=O)O)CC1. The van der Waals surface area contributed by atoms with Crippen LogP contribution in [0.3, 0.4) is 0 Å². The molecule has 1 saturated carbocycles. The quantitative estimate of drug-likeness (QED) is 0.320. The van der Waals surface area contributed by atoms with Crippen LogP contribution < -0.4 is 0 Å². The number of ether oxygens (including phenoxy) is 2. The number of aliphatic carboxylic acids is 1. The zero-order chi connectivity index (χ0) is 16.8. The third-order valence-electron chi connectivity index (χ3n) is 3.38. The smallest absolute Gasteiger partial charge is 0.308 e. The van der Waals surface area contributed by atoms with E-state index in [9.17, 15) is 14.4 Å². The first-order valence-corrected chi connectivity index (χ1v) is 7.58. The summed E-state index contributed by atoms with van der Waals surface area (Å²) in [6, 6.07) is 0. The molecular formula is C16H26O6. The molecule has 1 N–H and O–H groups in total. The van der Waals surface area contributed by atoms with Crippen molar-refractivity contribution < 1.29 is 29.0 Å². The van der Waals surface area contributed by atoms with Gasteiger partial charge in [-0.3, -0.25) is 14.4 Å². The molecular weight excluding hydrogens is 288 g/mol. The molecule has 0 radical (unpaired) electrons. The van der Waals surface area contributed by atoms with Crippen LogP contribution in [0, 0.1) is 11.8 Å². The third-order valence-corrected chi connectivity index (χ3v) is 3.38. The Bertz CT molecular complexity index is 345. The zero-order valence-electron chi connectivity index (χ0n) is 13.2. The van der Waals surface area contributed by atoms with E-state index in [1.807, 2.05) is 6.92 Å². The van der Waals surface area contributed by atoms with Gasteiger partial charge in [0.1, 0.15) is 0 Å². The standard InChI is InChI=1S/C13H20O6.C3H6/c14-9-18-7-1-2-8-19-13(17)11-5-3-10(4-6-11)12(15)16;1-3-2/h9-11H,1-8H2,(H,15,16);3H,1H2,2H3. The molecule has 0 aromatic carbocycles. The molecule has 0 spiro atoms. The van der Waals surface area contributed by atoms with Gasteiger partial charge in [0.2, 0.25) is 0 Å². The number of carboxylic acid groups (broad SMARTS) is 1. The molecule has 0 aliphatic heterocycles. The second kappa shape index (κ2) is 12.9. The molecule has 0 unspecified atom stereocenters. The minimum atomic E-state index is -0.776. The molecule has 0 amide bonds. The number of hydrogen-bond donors (Lipinski definition) is 1. The van der Waals surface area contributed by atoms with Crippen LogP contribution in [-0.2, 0) is 23.9 Å². The highest BCUT2D eigenvalue weighted by Crippen LogP contribution is 2.29. The van der Waals surface area contributed by atoms with Gasteiger partial charge in [0.25, 0.3) is 6.47 Å². The summed E-state index contributed by atoms with van der Waals surface area (Å²) in [5.41, 5.74) is 0. The second-order valence-electron chi connectivity index (χ2n) is 5.14. The van der Waals surface area contributed by atoms with Gasteiger partial charge in [-0.25, -0.2) is 0 Å². The molecule has 6 nitrogen and oxygen atoms in total. The topological polar surface area (TPSA) is 89.9 Å². The van der Waals surface area contributed by atoms with Crippen LogP contribution in [0.4, 0.5) is 0 Å². The molecule has 1 aliphatic carbocycles. The summed E-state index contributed by atoms with van der Waals surface area (Å²) in [5.74, 6) is -1.49. The largest absolute Gasteiger partial charge is 0.481 e. The highest BCUT2D eigenvalue weighted by atomic mass is 16.5. The normalized spacial score (nSPS) is 20.0. The summed E-state index contributed by atoms with van der Waals surface area (Å²) in [5, 5.41) is 8.85. The molecule has 0 heterocycles. The van der Waals surface area contributed by atoms with Gasteiger partial charge in [0.15, 0.2) is 0 Å². The molecule has 1 fully saturated rings. The van der Waals surface area contributed by atoms with Gasteiger partial charge in [0.05, 0.1) is 25.0 Å². The van der Waals surface area contributed by atoms with E-state index in [-0.39, 0.29) is 17.8 Å². The maximum atomic E-state index is 11.7. The lowest BCUT2D eigenvalue weighted by atomic mass is 9.82. The van der Waals surface area contributed by atoms with Gasteiger partial charge < -0.3 is 14.6 Å². The van der Waals surface area contributed by atoms with E-state index in [0.717, 1.165) is 0 Å². The summed E-state index contributed by atoms with van der Waals surface area (Å²) in [6.07, 6.45) is 5.33. The molecule has 0 atom stereocenters. The van der Waals surface area contributed by atoms with Gasteiger partial charge >= 0.3 is 11.9 Å². The first-order valence-electron chi connectivity index (χ1n) is 7.58. The van der Waals surface area contributed by atoms with E-state index in [1.165, 1.54) is 0 Å². The number of allylic oxidation sites excluding steroid dienone is 1. The first kappa shape index (κ1) is 20.1. The Morgan fingerprint density at radius 2 is 1.64 bits per heavy atom. The van der Waals surface area contributed by atoms with Crippen LogP contribution in [0.1, 0.15) is 45.4 Å².